The molecule has 8 nitrogen and oxygen atoms in total. The highest BCUT2D eigenvalue weighted by molar-refractivity contribution is 7.08. The minimum atomic E-state index is -0.640. The summed E-state index contributed by atoms with van der Waals surface area (Å²) < 4.78 is 11.9. The van der Waals surface area contributed by atoms with Crippen LogP contribution >= 0.6 is 22.9 Å². The van der Waals surface area contributed by atoms with Crippen LogP contribution in [-0.4, -0.2) is 42.3 Å². The molecular weight excluding hydrogens is 552 g/mol. The van der Waals surface area contributed by atoms with E-state index in [1.807, 2.05) is 29.8 Å². The smallest absolute Gasteiger partial charge is 0.290 e. The number of benzene rings is 2. The van der Waals surface area contributed by atoms with E-state index in [-0.39, 0.29) is 29.8 Å². The standard InChI is InChI=1S/C30H29ClN2O6S/c1-3-38-30-22(5-4-11-34)23(18-10-12-40-16-18)15-26(39-30)27(35)32-20-7-9-25(17(2)13-20)33-28(36)21-8-6-19(31)14-24(21)29(33)37/h6-10,12-16,22-23,30,34H,3-5,11H2,1-2H3,(H,32,35)/t22-,23+,30+/m0/s1. The van der Waals surface area contributed by atoms with Gasteiger partial charge in [0.05, 0.1) is 16.8 Å². The van der Waals surface area contributed by atoms with Gasteiger partial charge in [0.15, 0.2) is 5.76 Å². The molecule has 3 atom stereocenters. The molecule has 0 radical (unpaired) electrons. The number of aryl methyl sites for hydroxylation is 1. The SMILES string of the molecule is CCO[C@@H]1OC(C(=O)Nc2ccc(N3C(=O)c4ccc(Cl)cc4C3=O)c(C)c2)=C[C@H](c2ccsc2)[C@@H]1CCCO. The molecule has 2 aliphatic rings. The highest BCUT2D eigenvalue weighted by Crippen LogP contribution is 2.40. The van der Waals surface area contributed by atoms with Crippen molar-refractivity contribution in [1.82, 2.24) is 0 Å². The number of carbonyl (C=O) groups is 3. The van der Waals surface area contributed by atoms with Crippen LogP contribution in [0.5, 0.6) is 0 Å². The van der Waals surface area contributed by atoms with Crippen molar-refractivity contribution < 1.29 is 29.0 Å². The molecule has 5 rings (SSSR count). The minimum Gasteiger partial charge on any atom is -0.459 e. The van der Waals surface area contributed by atoms with E-state index in [9.17, 15) is 19.5 Å². The number of halogens is 1. The second kappa shape index (κ2) is 11.9. The average molecular weight is 581 g/mol. The van der Waals surface area contributed by atoms with Gasteiger partial charge in [-0.2, -0.15) is 11.3 Å². The van der Waals surface area contributed by atoms with E-state index >= 15 is 0 Å². The Kier molecular flexibility index (Phi) is 8.37. The summed E-state index contributed by atoms with van der Waals surface area (Å²) in [4.78, 5) is 40.5. The molecule has 40 heavy (non-hydrogen) atoms. The highest BCUT2D eigenvalue weighted by atomic mass is 35.5. The molecule has 0 unspecified atom stereocenters. The minimum absolute atomic E-state index is 0.0608. The Bertz CT molecular complexity index is 1470. The first-order chi connectivity index (χ1) is 19.3. The molecule has 1 aromatic heterocycles. The zero-order valence-electron chi connectivity index (χ0n) is 22.1. The number of rotatable bonds is 9. The number of imide groups is 1. The second-order valence-corrected chi connectivity index (χ2v) is 10.9. The van der Waals surface area contributed by atoms with Crippen LogP contribution in [0, 0.1) is 12.8 Å². The van der Waals surface area contributed by atoms with Crippen molar-refractivity contribution in [3.63, 3.8) is 0 Å². The normalized spacial score (nSPS) is 20.2. The molecule has 2 N–H and O–H groups in total. The first-order valence-electron chi connectivity index (χ1n) is 13.1. The highest BCUT2D eigenvalue weighted by Gasteiger charge is 2.39. The van der Waals surface area contributed by atoms with Crippen LogP contribution in [0.25, 0.3) is 0 Å². The van der Waals surface area contributed by atoms with Gasteiger partial charge >= 0.3 is 0 Å². The van der Waals surface area contributed by atoms with Crippen LogP contribution < -0.4 is 10.2 Å². The summed E-state index contributed by atoms with van der Waals surface area (Å²) >= 11 is 7.61. The van der Waals surface area contributed by atoms with Crippen molar-refractivity contribution in [2.24, 2.45) is 5.92 Å². The Morgan fingerprint density at radius 2 is 1.95 bits per heavy atom. The Morgan fingerprint density at radius 3 is 2.65 bits per heavy atom. The van der Waals surface area contributed by atoms with Gasteiger partial charge in [-0.15, -0.1) is 0 Å². The lowest BCUT2D eigenvalue weighted by atomic mass is 9.81. The summed E-state index contributed by atoms with van der Waals surface area (Å²) in [5, 5.41) is 16.7. The summed E-state index contributed by atoms with van der Waals surface area (Å²) in [6.45, 7) is 4.11. The largest absolute Gasteiger partial charge is 0.459 e. The number of carbonyl (C=O) groups excluding carboxylic acids is 3. The van der Waals surface area contributed by atoms with Crippen LogP contribution in [0.15, 0.2) is 65.1 Å². The Morgan fingerprint density at radius 1 is 1.15 bits per heavy atom. The summed E-state index contributed by atoms with van der Waals surface area (Å²) in [6.07, 6.45) is 2.45. The summed E-state index contributed by atoms with van der Waals surface area (Å²) in [6, 6.07) is 11.6. The van der Waals surface area contributed by atoms with Gasteiger partial charge in [-0.3, -0.25) is 14.4 Å². The molecule has 2 aliphatic heterocycles. The van der Waals surface area contributed by atoms with E-state index in [0.717, 1.165) is 10.5 Å². The van der Waals surface area contributed by atoms with Crippen molar-refractivity contribution in [2.75, 3.05) is 23.4 Å². The number of nitrogens with one attached hydrogen (secondary N) is 1. The zero-order chi connectivity index (χ0) is 28.4. The maximum atomic E-state index is 13.4. The number of hydrogen-bond donors (Lipinski definition) is 2. The fraction of sp³-hybridized carbons (Fsp3) is 0.300. The van der Waals surface area contributed by atoms with E-state index in [1.54, 1.807) is 48.6 Å². The van der Waals surface area contributed by atoms with Gasteiger partial charge in [0.2, 0.25) is 6.29 Å². The Balaban J connectivity index is 1.38. The van der Waals surface area contributed by atoms with Gasteiger partial charge < -0.3 is 19.9 Å². The maximum absolute atomic E-state index is 13.4. The van der Waals surface area contributed by atoms with Crippen molar-refractivity contribution in [3.05, 3.63) is 92.3 Å². The Hall–Kier alpha value is -3.50. The predicted octanol–water partition coefficient (Wildman–Crippen LogP) is 5.90. The van der Waals surface area contributed by atoms with E-state index in [1.165, 1.54) is 6.07 Å². The number of aliphatic hydroxyl groups excluding tert-OH is 1. The van der Waals surface area contributed by atoms with Crippen molar-refractivity contribution in [1.29, 1.82) is 0 Å². The number of fused-ring (bicyclic) bond motifs is 1. The van der Waals surface area contributed by atoms with Gasteiger partial charge in [-0.05, 0) is 97.1 Å². The third-order valence-corrected chi connectivity index (χ3v) is 8.04. The molecule has 10 heteroatoms. The summed E-state index contributed by atoms with van der Waals surface area (Å²) in [7, 11) is 0. The number of thiophene rings is 1. The first kappa shape index (κ1) is 28.0. The number of nitrogens with zero attached hydrogens (tertiary/aromatic N) is 1. The number of hydrogen-bond acceptors (Lipinski definition) is 7. The van der Waals surface area contributed by atoms with Crippen molar-refractivity contribution in [3.8, 4) is 0 Å². The fourth-order valence-electron chi connectivity index (χ4n) is 5.22. The lowest BCUT2D eigenvalue weighted by Gasteiger charge is -2.36. The summed E-state index contributed by atoms with van der Waals surface area (Å²) in [5.74, 6) is -1.33. The topological polar surface area (TPSA) is 105 Å². The van der Waals surface area contributed by atoms with Crippen LogP contribution in [-0.2, 0) is 14.3 Å². The third kappa shape index (κ3) is 5.42. The monoisotopic (exact) mass is 580 g/mol. The lowest BCUT2D eigenvalue weighted by molar-refractivity contribution is -0.164. The van der Waals surface area contributed by atoms with Crippen molar-refractivity contribution in [2.45, 2.75) is 38.9 Å². The predicted molar refractivity (Wildman–Crippen MR) is 154 cm³/mol. The Labute approximate surface area is 241 Å². The molecule has 0 saturated heterocycles. The van der Waals surface area contributed by atoms with Gasteiger partial charge in [0, 0.05) is 35.8 Å². The second-order valence-electron chi connectivity index (χ2n) is 9.68. The van der Waals surface area contributed by atoms with Crippen LogP contribution in [0.3, 0.4) is 0 Å². The van der Waals surface area contributed by atoms with Crippen LogP contribution in [0.4, 0.5) is 11.4 Å². The molecule has 3 amide bonds. The van der Waals surface area contributed by atoms with E-state index in [4.69, 9.17) is 21.1 Å². The molecule has 0 saturated carbocycles. The zero-order valence-corrected chi connectivity index (χ0v) is 23.6. The van der Waals surface area contributed by atoms with E-state index in [0.29, 0.717) is 47.0 Å². The third-order valence-electron chi connectivity index (χ3n) is 7.11. The molecule has 3 aromatic rings. The number of anilines is 2. The van der Waals surface area contributed by atoms with E-state index < -0.39 is 24.0 Å². The number of aliphatic hydroxyl groups is 1. The molecule has 0 fully saturated rings. The van der Waals surface area contributed by atoms with Gasteiger partial charge in [-0.1, -0.05) is 11.6 Å². The number of allylic oxidation sites excluding steroid dienone is 1. The van der Waals surface area contributed by atoms with E-state index in [2.05, 4.69) is 5.32 Å². The molecule has 208 valence electrons. The molecule has 0 spiro atoms. The lowest BCUT2D eigenvalue weighted by Crippen LogP contribution is -2.37. The molecule has 3 heterocycles. The van der Waals surface area contributed by atoms with Crippen molar-refractivity contribution >= 4 is 52.0 Å². The quantitative estimate of drug-likeness (QED) is 0.305. The van der Waals surface area contributed by atoms with Gasteiger partial charge in [0.25, 0.3) is 17.7 Å². The van der Waals surface area contributed by atoms with Gasteiger partial charge in [0.1, 0.15) is 0 Å². The average Bonchev–Trinajstić information content (AvgIpc) is 3.55. The molecule has 0 aliphatic carbocycles. The maximum Gasteiger partial charge on any atom is 0.290 e. The van der Waals surface area contributed by atoms with Crippen LogP contribution in [0.1, 0.15) is 57.5 Å². The van der Waals surface area contributed by atoms with Gasteiger partial charge in [-0.25, -0.2) is 4.90 Å². The number of amides is 3. The first-order valence-corrected chi connectivity index (χ1v) is 14.4. The summed E-state index contributed by atoms with van der Waals surface area (Å²) in [5.41, 5.74) is 3.16. The fourth-order valence-corrected chi connectivity index (χ4v) is 6.10. The molecule has 0 bridgehead atoms. The molecular formula is C30H29ClN2O6S. The van der Waals surface area contributed by atoms with Crippen LogP contribution in [0.2, 0.25) is 5.02 Å². The molecule has 2 aromatic carbocycles. The number of ether oxygens (including phenoxy) is 2.